The third-order valence-corrected chi connectivity index (χ3v) is 2.41. The average molecular weight is 226 g/mol. The lowest BCUT2D eigenvalue weighted by molar-refractivity contribution is -0.129. The Kier molecular flexibility index (Phi) is 5.19. The zero-order chi connectivity index (χ0) is 11.1. The maximum atomic E-state index is 11.5. The Bertz CT molecular complexity index is 300. The number of benzene rings is 1. The molecule has 0 atom stereocenters. The molecular weight excluding hydrogens is 210 g/mol. The van der Waals surface area contributed by atoms with Gasteiger partial charge in [0.15, 0.2) is 0 Å². The van der Waals surface area contributed by atoms with Gasteiger partial charge >= 0.3 is 0 Å². The van der Waals surface area contributed by atoms with E-state index in [1.54, 1.807) is 4.90 Å². The van der Waals surface area contributed by atoms with Crippen LogP contribution in [0.1, 0.15) is 18.9 Å². The van der Waals surface area contributed by atoms with Crippen molar-refractivity contribution >= 4 is 17.5 Å². The Balaban J connectivity index is 2.62. The molecule has 0 spiro atoms. The molecule has 0 saturated heterocycles. The predicted octanol–water partition coefficient (Wildman–Crippen LogP) is 2.66. The number of amides is 1. The van der Waals surface area contributed by atoms with E-state index in [9.17, 15) is 4.79 Å². The monoisotopic (exact) mass is 225 g/mol. The summed E-state index contributed by atoms with van der Waals surface area (Å²) >= 11 is 5.56. The maximum absolute atomic E-state index is 11.5. The summed E-state index contributed by atoms with van der Waals surface area (Å²) in [6, 6.07) is 9.96. The second-order valence-corrected chi connectivity index (χ2v) is 3.70. The van der Waals surface area contributed by atoms with Crippen LogP contribution in [0, 0.1) is 0 Å². The molecule has 3 heteroatoms. The van der Waals surface area contributed by atoms with Crippen LogP contribution in [-0.2, 0) is 11.3 Å². The number of rotatable bonds is 5. The minimum atomic E-state index is 0.00219. The van der Waals surface area contributed by atoms with E-state index in [1.165, 1.54) is 0 Å². The molecular formula is C12H16ClNO. The van der Waals surface area contributed by atoms with Crippen LogP contribution < -0.4 is 0 Å². The van der Waals surface area contributed by atoms with Gasteiger partial charge in [0.05, 0.1) is 0 Å². The van der Waals surface area contributed by atoms with E-state index in [0.29, 0.717) is 6.54 Å². The summed E-state index contributed by atoms with van der Waals surface area (Å²) in [4.78, 5) is 13.3. The molecule has 2 nitrogen and oxygen atoms in total. The van der Waals surface area contributed by atoms with Crippen LogP contribution >= 0.6 is 11.6 Å². The van der Waals surface area contributed by atoms with E-state index >= 15 is 0 Å². The van der Waals surface area contributed by atoms with E-state index in [-0.39, 0.29) is 11.8 Å². The minimum Gasteiger partial charge on any atom is -0.337 e. The fourth-order valence-corrected chi connectivity index (χ4v) is 1.62. The molecule has 0 aliphatic heterocycles. The third kappa shape index (κ3) is 3.92. The van der Waals surface area contributed by atoms with Crippen LogP contribution in [0.5, 0.6) is 0 Å². The van der Waals surface area contributed by atoms with Crippen LogP contribution in [0.4, 0.5) is 0 Å². The number of alkyl halides is 1. The highest BCUT2D eigenvalue weighted by Crippen LogP contribution is 2.06. The molecule has 1 aromatic rings. The van der Waals surface area contributed by atoms with Crippen LogP contribution in [0.25, 0.3) is 0 Å². The van der Waals surface area contributed by atoms with Gasteiger partial charge in [-0.15, -0.1) is 11.6 Å². The molecule has 1 aromatic carbocycles. The first-order chi connectivity index (χ1) is 7.27. The Morgan fingerprint density at radius 3 is 2.53 bits per heavy atom. The second kappa shape index (κ2) is 6.46. The van der Waals surface area contributed by atoms with Gasteiger partial charge in [-0.2, -0.15) is 0 Å². The van der Waals surface area contributed by atoms with Crippen molar-refractivity contribution in [3.63, 3.8) is 0 Å². The fourth-order valence-electron chi connectivity index (χ4n) is 1.45. The third-order valence-electron chi connectivity index (χ3n) is 2.18. The Hall–Kier alpha value is -1.02. The van der Waals surface area contributed by atoms with Gasteiger partial charge in [-0.05, 0) is 12.0 Å². The first-order valence-electron chi connectivity index (χ1n) is 5.15. The fraction of sp³-hybridized carbons (Fsp3) is 0.417. The normalized spacial score (nSPS) is 10.0. The summed E-state index contributed by atoms with van der Waals surface area (Å²) in [5, 5.41) is 0. The maximum Gasteiger partial charge on any atom is 0.237 e. The standard InChI is InChI=1S/C12H16ClNO/c1-2-8-14(12(15)9-13)10-11-6-4-3-5-7-11/h3-7H,2,8-10H2,1H3. The first kappa shape index (κ1) is 12.1. The van der Waals surface area contributed by atoms with Crippen molar-refractivity contribution in [1.29, 1.82) is 0 Å². The van der Waals surface area contributed by atoms with Crippen LogP contribution in [-0.4, -0.2) is 23.2 Å². The zero-order valence-electron chi connectivity index (χ0n) is 8.95. The van der Waals surface area contributed by atoms with Crippen molar-refractivity contribution in [3.8, 4) is 0 Å². The van der Waals surface area contributed by atoms with E-state index in [2.05, 4.69) is 6.92 Å². The average Bonchev–Trinajstić information content (AvgIpc) is 2.29. The van der Waals surface area contributed by atoms with Crippen molar-refractivity contribution in [2.75, 3.05) is 12.4 Å². The Morgan fingerprint density at radius 2 is 2.00 bits per heavy atom. The molecule has 82 valence electrons. The number of carbonyl (C=O) groups excluding carboxylic acids is 1. The van der Waals surface area contributed by atoms with Crippen molar-refractivity contribution in [3.05, 3.63) is 35.9 Å². The molecule has 0 unspecified atom stereocenters. The lowest BCUT2D eigenvalue weighted by atomic mass is 10.2. The summed E-state index contributed by atoms with van der Waals surface area (Å²) < 4.78 is 0. The van der Waals surface area contributed by atoms with E-state index in [1.807, 2.05) is 30.3 Å². The molecule has 0 N–H and O–H groups in total. The SMILES string of the molecule is CCCN(Cc1ccccc1)C(=O)CCl. The summed E-state index contributed by atoms with van der Waals surface area (Å²) in [6.07, 6.45) is 0.954. The largest absolute Gasteiger partial charge is 0.337 e. The van der Waals surface area contributed by atoms with Gasteiger partial charge in [-0.3, -0.25) is 4.79 Å². The lowest BCUT2D eigenvalue weighted by Crippen LogP contribution is -2.32. The number of halogens is 1. The highest BCUT2D eigenvalue weighted by Gasteiger charge is 2.11. The van der Waals surface area contributed by atoms with Crippen molar-refractivity contribution < 1.29 is 4.79 Å². The van der Waals surface area contributed by atoms with Crippen molar-refractivity contribution in [2.45, 2.75) is 19.9 Å². The Labute approximate surface area is 95.8 Å². The van der Waals surface area contributed by atoms with Gasteiger partial charge in [0, 0.05) is 13.1 Å². The molecule has 0 aromatic heterocycles. The molecule has 1 rings (SSSR count). The zero-order valence-corrected chi connectivity index (χ0v) is 9.70. The summed E-state index contributed by atoms with van der Waals surface area (Å²) in [5.41, 5.74) is 1.14. The van der Waals surface area contributed by atoms with Crippen LogP contribution in [0.2, 0.25) is 0 Å². The summed E-state index contributed by atoms with van der Waals surface area (Å²) in [5.74, 6) is 0.0645. The molecule has 1 amide bonds. The van der Waals surface area contributed by atoms with Gasteiger partial charge in [0.1, 0.15) is 5.88 Å². The number of nitrogens with zero attached hydrogens (tertiary/aromatic N) is 1. The molecule has 0 radical (unpaired) electrons. The number of hydrogen-bond donors (Lipinski definition) is 0. The number of carbonyl (C=O) groups is 1. The summed E-state index contributed by atoms with van der Waals surface area (Å²) in [6.45, 7) is 3.47. The van der Waals surface area contributed by atoms with Gasteiger partial charge in [-0.25, -0.2) is 0 Å². The van der Waals surface area contributed by atoms with Crippen molar-refractivity contribution in [1.82, 2.24) is 4.90 Å². The topological polar surface area (TPSA) is 20.3 Å². The van der Waals surface area contributed by atoms with Gasteiger partial charge in [0.2, 0.25) is 5.91 Å². The molecule has 0 aliphatic rings. The quantitative estimate of drug-likeness (QED) is 0.706. The van der Waals surface area contributed by atoms with Gasteiger partial charge in [0.25, 0.3) is 0 Å². The van der Waals surface area contributed by atoms with E-state index in [0.717, 1.165) is 18.5 Å². The molecule has 0 aliphatic carbocycles. The highest BCUT2D eigenvalue weighted by molar-refractivity contribution is 6.27. The van der Waals surface area contributed by atoms with Crippen LogP contribution in [0.3, 0.4) is 0 Å². The number of hydrogen-bond acceptors (Lipinski definition) is 1. The van der Waals surface area contributed by atoms with E-state index < -0.39 is 0 Å². The lowest BCUT2D eigenvalue weighted by Gasteiger charge is -2.21. The molecule has 0 fully saturated rings. The van der Waals surface area contributed by atoms with Gasteiger partial charge in [-0.1, -0.05) is 37.3 Å². The highest BCUT2D eigenvalue weighted by atomic mass is 35.5. The predicted molar refractivity (Wildman–Crippen MR) is 62.9 cm³/mol. The summed E-state index contributed by atoms with van der Waals surface area (Å²) in [7, 11) is 0. The van der Waals surface area contributed by atoms with Gasteiger partial charge < -0.3 is 4.90 Å². The minimum absolute atomic E-state index is 0.00219. The Morgan fingerprint density at radius 1 is 1.33 bits per heavy atom. The first-order valence-corrected chi connectivity index (χ1v) is 5.69. The molecule has 0 bridgehead atoms. The van der Waals surface area contributed by atoms with Crippen molar-refractivity contribution in [2.24, 2.45) is 0 Å². The smallest absolute Gasteiger partial charge is 0.237 e. The second-order valence-electron chi connectivity index (χ2n) is 3.43. The van der Waals surface area contributed by atoms with Crippen LogP contribution in [0.15, 0.2) is 30.3 Å². The van der Waals surface area contributed by atoms with E-state index in [4.69, 9.17) is 11.6 Å². The molecule has 0 saturated carbocycles. The molecule has 15 heavy (non-hydrogen) atoms. The molecule has 0 heterocycles.